The quantitative estimate of drug-likeness (QED) is 0.558. The average Bonchev–Trinajstić information content (AvgIpc) is 3.04. The third-order valence-corrected chi connectivity index (χ3v) is 3.24. The first-order valence-corrected chi connectivity index (χ1v) is 6.75. The number of pyridine rings is 1. The molecule has 1 N–H and O–H groups in total. The molecule has 0 spiro atoms. The van der Waals surface area contributed by atoms with Crippen LogP contribution >= 0.6 is 0 Å². The Labute approximate surface area is 130 Å². The van der Waals surface area contributed by atoms with Gasteiger partial charge in [-0.25, -0.2) is 4.68 Å². The first-order chi connectivity index (χ1) is 11.1. The van der Waals surface area contributed by atoms with E-state index in [0.29, 0.717) is 17.1 Å². The molecule has 116 valence electrons. The molecule has 3 aromatic rings. The lowest BCUT2D eigenvalue weighted by Gasteiger charge is -2.11. The summed E-state index contributed by atoms with van der Waals surface area (Å²) in [5.41, 5.74) is 0.911. The van der Waals surface area contributed by atoms with Crippen molar-refractivity contribution in [3.05, 3.63) is 64.3 Å². The molecule has 0 fully saturated rings. The Morgan fingerprint density at radius 3 is 2.87 bits per heavy atom. The molecule has 1 aromatic carbocycles. The first-order valence-electron chi connectivity index (χ1n) is 6.75. The van der Waals surface area contributed by atoms with Gasteiger partial charge in [0.2, 0.25) is 5.82 Å². The van der Waals surface area contributed by atoms with E-state index >= 15 is 0 Å². The Bertz CT molecular complexity index is 820. The van der Waals surface area contributed by atoms with Gasteiger partial charge in [-0.15, -0.1) is 5.10 Å². The van der Waals surface area contributed by atoms with Gasteiger partial charge in [-0.05, 0) is 28.1 Å². The van der Waals surface area contributed by atoms with E-state index in [4.69, 9.17) is 0 Å². The zero-order valence-electron chi connectivity index (χ0n) is 11.9. The lowest BCUT2D eigenvalue weighted by atomic mass is 10.1. The third kappa shape index (κ3) is 3.19. The molecule has 1 atom stereocenters. The fourth-order valence-electron chi connectivity index (χ4n) is 2.12. The van der Waals surface area contributed by atoms with Crippen molar-refractivity contribution in [1.82, 2.24) is 25.2 Å². The van der Waals surface area contributed by atoms with Gasteiger partial charge in [0.1, 0.15) is 5.69 Å². The van der Waals surface area contributed by atoms with Crippen molar-refractivity contribution in [2.45, 2.75) is 12.6 Å². The van der Waals surface area contributed by atoms with Crippen LogP contribution in [-0.4, -0.2) is 35.2 Å². The Balaban J connectivity index is 1.84. The third-order valence-electron chi connectivity index (χ3n) is 3.24. The number of nitro benzene ring substituents is 1. The number of aromatic nitrogens is 5. The van der Waals surface area contributed by atoms with Crippen LogP contribution in [0.25, 0.3) is 11.5 Å². The summed E-state index contributed by atoms with van der Waals surface area (Å²) >= 11 is 0. The van der Waals surface area contributed by atoms with Crippen LogP contribution in [0.3, 0.4) is 0 Å². The molecular formula is C14H12N6O3. The van der Waals surface area contributed by atoms with Crippen LogP contribution in [-0.2, 0) is 6.54 Å². The largest absolute Gasteiger partial charge is 0.386 e. The number of benzene rings is 1. The van der Waals surface area contributed by atoms with Crippen molar-refractivity contribution in [2.24, 2.45) is 0 Å². The van der Waals surface area contributed by atoms with E-state index in [1.807, 2.05) is 0 Å². The van der Waals surface area contributed by atoms with Crippen LogP contribution in [0.15, 0.2) is 48.7 Å². The highest BCUT2D eigenvalue weighted by molar-refractivity contribution is 5.47. The van der Waals surface area contributed by atoms with E-state index in [9.17, 15) is 15.2 Å². The van der Waals surface area contributed by atoms with E-state index in [-0.39, 0.29) is 12.2 Å². The number of tetrazole rings is 1. The molecule has 2 aromatic heterocycles. The fraction of sp³-hybridized carbons (Fsp3) is 0.143. The van der Waals surface area contributed by atoms with Crippen LogP contribution in [0.4, 0.5) is 5.69 Å². The molecule has 3 rings (SSSR count). The van der Waals surface area contributed by atoms with Crippen molar-refractivity contribution in [3.8, 4) is 11.5 Å². The molecular weight excluding hydrogens is 300 g/mol. The summed E-state index contributed by atoms with van der Waals surface area (Å²) in [7, 11) is 0. The highest BCUT2D eigenvalue weighted by atomic mass is 16.6. The van der Waals surface area contributed by atoms with Crippen LogP contribution in [0.2, 0.25) is 0 Å². The van der Waals surface area contributed by atoms with Gasteiger partial charge in [-0.1, -0.05) is 18.2 Å². The fourth-order valence-corrected chi connectivity index (χ4v) is 2.12. The SMILES string of the molecule is O=[N+]([O-])c1cccc([C@@H](O)Cn2nnnc2-c2ccccn2)c1. The minimum absolute atomic E-state index is 0.0556. The zero-order chi connectivity index (χ0) is 16.2. The number of rotatable bonds is 5. The second kappa shape index (κ2) is 6.28. The van der Waals surface area contributed by atoms with E-state index < -0.39 is 11.0 Å². The minimum Gasteiger partial charge on any atom is -0.386 e. The van der Waals surface area contributed by atoms with Gasteiger partial charge in [0.05, 0.1) is 17.6 Å². The number of aliphatic hydroxyl groups is 1. The van der Waals surface area contributed by atoms with Crippen molar-refractivity contribution < 1.29 is 10.0 Å². The van der Waals surface area contributed by atoms with Crippen molar-refractivity contribution in [3.63, 3.8) is 0 Å². The standard InChI is InChI=1S/C14H12N6O3/c21-13(10-4-3-5-11(8-10)20(22)23)9-19-14(16-17-18-19)12-6-1-2-7-15-12/h1-8,13,21H,9H2/t13-/m0/s1. The van der Waals surface area contributed by atoms with Crippen LogP contribution < -0.4 is 0 Å². The van der Waals surface area contributed by atoms with Gasteiger partial charge < -0.3 is 5.11 Å². The van der Waals surface area contributed by atoms with Crippen molar-refractivity contribution >= 4 is 5.69 Å². The van der Waals surface area contributed by atoms with Gasteiger partial charge in [0.15, 0.2) is 0 Å². The van der Waals surface area contributed by atoms with Gasteiger partial charge in [0, 0.05) is 18.3 Å². The summed E-state index contributed by atoms with van der Waals surface area (Å²) < 4.78 is 1.41. The molecule has 0 aliphatic carbocycles. The second-order valence-corrected chi connectivity index (χ2v) is 4.77. The van der Waals surface area contributed by atoms with Gasteiger partial charge in [-0.2, -0.15) is 0 Å². The topological polar surface area (TPSA) is 120 Å². The Hall–Kier alpha value is -3.20. The maximum atomic E-state index is 10.8. The van der Waals surface area contributed by atoms with E-state index in [1.165, 1.54) is 22.9 Å². The number of hydrogen-bond acceptors (Lipinski definition) is 7. The summed E-state index contributed by atoms with van der Waals surface area (Å²) in [6.45, 7) is 0.0556. The van der Waals surface area contributed by atoms with E-state index in [0.717, 1.165) is 0 Å². The Kier molecular flexibility index (Phi) is 4.02. The summed E-state index contributed by atoms with van der Waals surface area (Å²) in [6, 6.07) is 11.2. The lowest BCUT2D eigenvalue weighted by Crippen LogP contribution is -2.12. The normalized spacial score (nSPS) is 12.0. The van der Waals surface area contributed by atoms with Crippen LogP contribution in [0.1, 0.15) is 11.7 Å². The van der Waals surface area contributed by atoms with Crippen LogP contribution in [0, 0.1) is 10.1 Å². The number of aliphatic hydroxyl groups excluding tert-OH is 1. The Morgan fingerprint density at radius 1 is 1.26 bits per heavy atom. The predicted octanol–water partition coefficient (Wildman–Crippen LogP) is 1.38. The maximum absolute atomic E-state index is 10.8. The predicted molar refractivity (Wildman–Crippen MR) is 79.1 cm³/mol. The van der Waals surface area contributed by atoms with Gasteiger partial charge in [0.25, 0.3) is 5.69 Å². The summed E-state index contributed by atoms with van der Waals surface area (Å²) in [6.07, 6.45) is 0.631. The number of non-ortho nitro benzene ring substituents is 1. The highest BCUT2D eigenvalue weighted by Gasteiger charge is 2.17. The number of nitrogens with zero attached hydrogens (tertiary/aromatic N) is 6. The highest BCUT2D eigenvalue weighted by Crippen LogP contribution is 2.22. The molecule has 0 aliphatic rings. The molecule has 0 aliphatic heterocycles. The van der Waals surface area contributed by atoms with Gasteiger partial charge >= 0.3 is 0 Å². The van der Waals surface area contributed by atoms with E-state index in [1.54, 1.807) is 30.5 Å². The minimum atomic E-state index is -0.985. The molecule has 23 heavy (non-hydrogen) atoms. The maximum Gasteiger partial charge on any atom is 0.269 e. The smallest absolute Gasteiger partial charge is 0.269 e. The zero-order valence-corrected chi connectivity index (χ0v) is 11.9. The summed E-state index contributed by atoms with van der Waals surface area (Å²) in [4.78, 5) is 14.5. The monoisotopic (exact) mass is 312 g/mol. The van der Waals surface area contributed by atoms with E-state index in [2.05, 4.69) is 20.5 Å². The molecule has 0 unspecified atom stereocenters. The Morgan fingerprint density at radius 2 is 2.13 bits per heavy atom. The molecule has 9 nitrogen and oxygen atoms in total. The summed E-state index contributed by atoms with van der Waals surface area (Å²) in [5, 5.41) is 32.5. The van der Waals surface area contributed by atoms with Crippen molar-refractivity contribution in [1.29, 1.82) is 0 Å². The van der Waals surface area contributed by atoms with Crippen LogP contribution in [0.5, 0.6) is 0 Å². The molecule has 2 heterocycles. The second-order valence-electron chi connectivity index (χ2n) is 4.77. The molecule has 0 radical (unpaired) electrons. The number of hydrogen-bond donors (Lipinski definition) is 1. The molecule has 9 heteroatoms. The average molecular weight is 312 g/mol. The number of nitro groups is 1. The molecule has 0 amide bonds. The van der Waals surface area contributed by atoms with Crippen molar-refractivity contribution in [2.75, 3.05) is 0 Å². The first kappa shape index (κ1) is 14.7. The summed E-state index contributed by atoms with van der Waals surface area (Å²) in [5.74, 6) is 0.412. The van der Waals surface area contributed by atoms with Gasteiger partial charge in [-0.3, -0.25) is 15.1 Å². The lowest BCUT2D eigenvalue weighted by molar-refractivity contribution is -0.385. The molecule has 0 saturated carbocycles. The molecule has 0 bridgehead atoms. The molecule has 0 saturated heterocycles.